The Labute approximate surface area is 281 Å². The molecule has 2 atom stereocenters. The highest BCUT2D eigenvalue weighted by Gasteiger charge is 2.44. The van der Waals surface area contributed by atoms with Crippen molar-refractivity contribution in [2.24, 2.45) is 5.92 Å². The van der Waals surface area contributed by atoms with Crippen LogP contribution in [0.15, 0.2) is 41.3 Å². The van der Waals surface area contributed by atoms with Crippen LogP contribution in [0.25, 0.3) is 10.9 Å². The van der Waals surface area contributed by atoms with Gasteiger partial charge in [0.1, 0.15) is 28.8 Å². The highest BCUT2D eigenvalue weighted by atomic mass is 35.5. The van der Waals surface area contributed by atoms with Gasteiger partial charge in [0.2, 0.25) is 15.9 Å². The first kappa shape index (κ1) is 32.1. The Kier molecular flexibility index (Phi) is 8.97. The average Bonchev–Trinajstić information content (AvgIpc) is 3.56. The zero-order valence-corrected chi connectivity index (χ0v) is 28.8. The van der Waals surface area contributed by atoms with Gasteiger partial charge in [-0.25, -0.2) is 13.4 Å². The average molecular weight is 687 g/mol. The summed E-state index contributed by atoms with van der Waals surface area (Å²) in [5.41, 5.74) is 3.05. The summed E-state index contributed by atoms with van der Waals surface area (Å²) < 4.78 is 35.8. The summed E-state index contributed by atoms with van der Waals surface area (Å²) in [7, 11) is -4.09. The van der Waals surface area contributed by atoms with Gasteiger partial charge in [-0.15, -0.1) is 0 Å². The first-order valence-corrected chi connectivity index (χ1v) is 18.5. The quantitative estimate of drug-likeness (QED) is 0.341. The zero-order chi connectivity index (χ0) is 32.2. The van der Waals surface area contributed by atoms with E-state index < -0.39 is 16.1 Å². The number of hydrogen-bond donors (Lipinski definition) is 0. The number of fused-ring (bicyclic) bond motifs is 4. The molecule has 246 valence electrons. The first-order valence-electron chi connectivity index (χ1n) is 16.4. The number of para-hydroxylation sites is 1. The minimum Gasteiger partial charge on any atom is -0.487 e. The summed E-state index contributed by atoms with van der Waals surface area (Å²) in [6.07, 6.45) is 3.63. The second-order valence-electron chi connectivity index (χ2n) is 13.2. The molecule has 5 aliphatic rings. The van der Waals surface area contributed by atoms with Crippen LogP contribution in [0.2, 0.25) is 10.0 Å². The monoisotopic (exact) mass is 685 g/mol. The summed E-state index contributed by atoms with van der Waals surface area (Å²) in [6, 6.07) is 10.5. The highest BCUT2D eigenvalue weighted by molar-refractivity contribution is 7.89. The van der Waals surface area contributed by atoms with Crippen molar-refractivity contribution in [3.05, 3.63) is 63.3 Å². The molecule has 1 amide bonds. The van der Waals surface area contributed by atoms with Crippen molar-refractivity contribution in [1.82, 2.24) is 24.0 Å². The summed E-state index contributed by atoms with van der Waals surface area (Å²) in [4.78, 5) is 25.4. The predicted octanol–water partition coefficient (Wildman–Crippen LogP) is 5.13. The molecule has 5 fully saturated rings. The van der Waals surface area contributed by atoms with Gasteiger partial charge in [-0.2, -0.15) is 4.31 Å². The lowest BCUT2D eigenvalue weighted by molar-refractivity contribution is -0.137. The number of carbonyl (C=O) groups is 1. The number of rotatable bonds is 7. The van der Waals surface area contributed by atoms with Crippen LogP contribution in [0.5, 0.6) is 5.75 Å². The van der Waals surface area contributed by atoms with Gasteiger partial charge in [-0.3, -0.25) is 9.69 Å². The lowest BCUT2D eigenvalue weighted by atomic mass is 9.83. The number of piperazine rings is 1. The van der Waals surface area contributed by atoms with Crippen molar-refractivity contribution < 1.29 is 17.9 Å². The molecule has 0 saturated carbocycles. The fourth-order valence-electron chi connectivity index (χ4n) is 7.96. The molecule has 9 nitrogen and oxygen atoms in total. The van der Waals surface area contributed by atoms with E-state index in [1.54, 1.807) is 0 Å². The minimum absolute atomic E-state index is 0.0114. The Bertz CT molecular complexity index is 1760. The van der Waals surface area contributed by atoms with E-state index >= 15 is 0 Å². The van der Waals surface area contributed by atoms with Crippen LogP contribution in [0.3, 0.4) is 0 Å². The molecule has 3 aromatic rings. The Morgan fingerprint density at radius 3 is 2.46 bits per heavy atom. The number of hydrogen-bond acceptors (Lipinski definition) is 7. The van der Waals surface area contributed by atoms with Crippen LogP contribution in [0.4, 0.5) is 0 Å². The summed E-state index contributed by atoms with van der Waals surface area (Å²) in [5, 5.41) is 1.29. The summed E-state index contributed by atoms with van der Waals surface area (Å²) >= 11 is 13.4. The molecule has 2 bridgehead atoms. The third kappa shape index (κ3) is 5.90. The molecule has 6 heterocycles. The van der Waals surface area contributed by atoms with Gasteiger partial charge >= 0.3 is 0 Å². The number of benzene rings is 2. The molecule has 0 aliphatic carbocycles. The van der Waals surface area contributed by atoms with E-state index in [2.05, 4.69) is 14.8 Å². The molecule has 8 rings (SSSR count). The second-order valence-corrected chi connectivity index (χ2v) is 15.8. The van der Waals surface area contributed by atoms with Crippen molar-refractivity contribution in [3.63, 3.8) is 0 Å². The lowest BCUT2D eigenvalue weighted by Crippen LogP contribution is -2.62. The number of amides is 1. The van der Waals surface area contributed by atoms with Crippen molar-refractivity contribution >= 4 is 50.0 Å². The number of piperidine rings is 3. The van der Waals surface area contributed by atoms with Crippen molar-refractivity contribution in [3.8, 4) is 5.75 Å². The van der Waals surface area contributed by atoms with Crippen LogP contribution in [0, 0.1) is 19.8 Å². The second kappa shape index (κ2) is 12.9. The summed E-state index contributed by atoms with van der Waals surface area (Å²) in [6.45, 7) is 10.6. The largest absolute Gasteiger partial charge is 0.487 e. The van der Waals surface area contributed by atoms with Gasteiger partial charge in [0.15, 0.2) is 0 Å². The van der Waals surface area contributed by atoms with Crippen LogP contribution in [0.1, 0.15) is 42.5 Å². The smallest absolute Gasteiger partial charge is 0.245 e. The normalized spacial score (nSPS) is 25.8. The maximum absolute atomic E-state index is 14.1. The van der Waals surface area contributed by atoms with Crippen molar-refractivity contribution in [1.29, 1.82) is 0 Å². The van der Waals surface area contributed by atoms with Gasteiger partial charge in [0.25, 0.3) is 0 Å². The molecule has 5 saturated heterocycles. The van der Waals surface area contributed by atoms with Crippen LogP contribution < -0.4 is 4.74 Å². The highest BCUT2D eigenvalue weighted by Crippen LogP contribution is 2.37. The first-order chi connectivity index (χ1) is 22.1. The van der Waals surface area contributed by atoms with Gasteiger partial charge in [-0.1, -0.05) is 35.3 Å². The molecule has 0 spiro atoms. The molecule has 0 radical (unpaired) electrons. The number of nitrogens with zero attached hydrogens (tertiary/aromatic N) is 5. The zero-order valence-electron chi connectivity index (χ0n) is 26.4. The van der Waals surface area contributed by atoms with Crippen LogP contribution in [-0.2, 0) is 21.4 Å². The third-order valence-electron chi connectivity index (χ3n) is 10.5. The number of sulfonamides is 1. The minimum atomic E-state index is -4.09. The molecule has 2 aromatic carbocycles. The van der Waals surface area contributed by atoms with E-state index in [0.717, 1.165) is 47.7 Å². The van der Waals surface area contributed by atoms with Gasteiger partial charge in [-0.05, 0) is 88.4 Å². The van der Waals surface area contributed by atoms with Crippen molar-refractivity contribution in [2.75, 3.05) is 52.4 Å². The maximum Gasteiger partial charge on any atom is 0.245 e. The topological polar surface area (TPSA) is 86.3 Å². The maximum atomic E-state index is 14.1. The van der Waals surface area contributed by atoms with Crippen LogP contribution >= 0.6 is 23.2 Å². The van der Waals surface area contributed by atoms with Gasteiger partial charge in [0, 0.05) is 67.0 Å². The van der Waals surface area contributed by atoms with E-state index in [1.165, 1.54) is 42.4 Å². The number of aromatic nitrogens is 1. The molecule has 0 unspecified atom stereocenters. The standard InChI is InChI=1S/C34H41Cl2N5O4S/c1-22-19-23(2)37-33-25(22)5-3-7-30(33)45-21-26-27(35)8-9-31(32(26)36)46(43,44)41-12-4-6-28(41)34(42)40-17-15-39(16-18-40)29-20-38-13-10-24(29)11-14-38/h3,5,7-9,19,24,28-29H,4,6,10-18,20-21H2,1-2H3/t28-,29+/m0/s1. The van der Waals surface area contributed by atoms with Gasteiger partial charge in [0.05, 0.1) is 5.02 Å². The number of carbonyl (C=O) groups excluding carboxylic acids is 1. The third-order valence-corrected chi connectivity index (χ3v) is 13.3. The van der Waals surface area contributed by atoms with E-state index in [9.17, 15) is 13.2 Å². The Morgan fingerprint density at radius 1 is 0.978 bits per heavy atom. The SMILES string of the molecule is Cc1cc(C)c2cccc(OCc3c(Cl)ccc(S(=O)(=O)N4CCC[C@H]4C(=O)N4CCN([C@@H]5CN6CCC5CC6)CC4)c3Cl)c2n1. The Hall–Kier alpha value is -2.47. The lowest BCUT2D eigenvalue weighted by Gasteiger charge is -2.51. The van der Waals surface area contributed by atoms with E-state index in [-0.39, 0.29) is 29.0 Å². The Balaban J connectivity index is 1.06. The fraction of sp³-hybridized carbons (Fsp3) is 0.529. The molecule has 1 aromatic heterocycles. The molecule has 46 heavy (non-hydrogen) atoms. The molecule has 0 N–H and O–H groups in total. The number of ether oxygens (including phenoxy) is 1. The van der Waals surface area contributed by atoms with E-state index in [4.69, 9.17) is 27.9 Å². The molecular weight excluding hydrogens is 645 g/mol. The van der Waals surface area contributed by atoms with Crippen molar-refractivity contribution in [2.45, 2.75) is 63.1 Å². The number of pyridine rings is 1. The van der Waals surface area contributed by atoms with Crippen LogP contribution in [-0.4, -0.2) is 103 Å². The molecule has 5 aliphatic heterocycles. The molecule has 12 heteroatoms. The summed E-state index contributed by atoms with van der Waals surface area (Å²) in [5.74, 6) is 1.19. The molecular formula is C34H41Cl2N5O4S. The number of halogens is 2. The predicted molar refractivity (Wildman–Crippen MR) is 180 cm³/mol. The Morgan fingerprint density at radius 2 is 1.74 bits per heavy atom. The number of aryl methyl sites for hydroxylation is 2. The fourth-order valence-corrected chi connectivity index (χ4v) is 10.5. The van der Waals surface area contributed by atoms with E-state index in [1.807, 2.05) is 43.0 Å². The van der Waals surface area contributed by atoms with Gasteiger partial charge < -0.3 is 14.5 Å². The van der Waals surface area contributed by atoms with E-state index in [0.29, 0.717) is 48.3 Å².